The van der Waals surface area contributed by atoms with Crippen LogP contribution in [0.5, 0.6) is 0 Å². The maximum Gasteiger partial charge on any atom is 0.321 e. The van der Waals surface area contributed by atoms with Gasteiger partial charge >= 0.3 is 5.97 Å². The number of benzene rings is 1. The summed E-state index contributed by atoms with van der Waals surface area (Å²) in [5.41, 5.74) is 2.08. The molecule has 96 valence electrons. The van der Waals surface area contributed by atoms with Gasteiger partial charge in [0.25, 0.3) is 0 Å². The van der Waals surface area contributed by atoms with Crippen molar-refractivity contribution in [2.45, 2.75) is 32.4 Å². The minimum absolute atomic E-state index is 0.149. The number of hydrogen-bond acceptors (Lipinski definition) is 2. The second-order valence-corrected chi connectivity index (χ2v) is 4.78. The molecule has 1 aromatic heterocycles. The second kappa shape index (κ2) is 5.23. The third-order valence-corrected chi connectivity index (χ3v) is 2.93. The lowest BCUT2D eigenvalue weighted by molar-refractivity contribution is -0.139. The minimum Gasteiger partial charge on any atom is -0.480 e. The van der Waals surface area contributed by atoms with Crippen molar-refractivity contribution in [3.8, 4) is 0 Å². The molecule has 3 N–H and O–H groups in total. The number of carbonyl (C=O) groups is 1. The first-order valence-electron chi connectivity index (χ1n) is 6.11. The van der Waals surface area contributed by atoms with Gasteiger partial charge in [-0.2, -0.15) is 0 Å². The molecule has 0 spiro atoms. The maximum atomic E-state index is 11.2. The smallest absolute Gasteiger partial charge is 0.321 e. The molecule has 1 heterocycles. The van der Waals surface area contributed by atoms with E-state index in [2.05, 4.69) is 10.3 Å². The van der Waals surface area contributed by atoms with Gasteiger partial charge in [-0.25, -0.2) is 0 Å². The number of aliphatic carboxylic acids is 1. The van der Waals surface area contributed by atoms with E-state index in [4.69, 9.17) is 0 Å². The van der Waals surface area contributed by atoms with Gasteiger partial charge in [-0.15, -0.1) is 0 Å². The van der Waals surface area contributed by atoms with E-state index >= 15 is 0 Å². The van der Waals surface area contributed by atoms with Crippen LogP contribution in [0.4, 0.5) is 0 Å². The number of para-hydroxylation sites is 1. The third-order valence-electron chi connectivity index (χ3n) is 2.93. The van der Waals surface area contributed by atoms with E-state index in [0.29, 0.717) is 6.42 Å². The van der Waals surface area contributed by atoms with Crippen LogP contribution >= 0.6 is 0 Å². The first-order valence-corrected chi connectivity index (χ1v) is 6.11. The predicted octanol–water partition coefficient (Wildman–Crippen LogP) is 2.16. The number of hydrogen-bond donors (Lipinski definition) is 3. The maximum absolute atomic E-state index is 11.2. The summed E-state index contributed by atoms with van der Waals surface area (Å²) in [5, 5.41) is 13.4. The highest BCUT2D eigenvalue weighted by Crippen LogP contribution is 2.19. The predicted molar refractivity (Wildman–Crippen MR) is 71.7 cm³/mol. The molecule has 1 atom stereocenters. The number of aromatic amines is 1. The van der Waals surface area contributed by atoms with E-state index in [-0.39, 0.29) is 6.04 Å². The lowest BCUT2D eigenvalue weighted by Crippen LogP contribution is -2.42. The lowest BCUT2D eigenvalue weighted by Gasteiger charge is -2.16. The van der Waals surface area contributed by atoms with Crippen molar-refractivity contribution in [3.63, 3.8) is 0 Å². The van der Waals surface area contributed by atoms with Crippen molar-refractivity contribution in [2.24, 2.45) is 0 Å². The molecule has 4 nitrogen and oxygen atoms in total. The van der Waals surface area contributed by atoms with Crippen LogP contribution < -0.4 is 5.32 Å². The van der Waals surface area contributed by atoms with Gasteiger partial charge in [-0.1, -0.05) is 32.0 Å². The Balaban J connectivity index is 2.23. The molecule has 0 aliphatic heterocycles. The number of carboxylic acids is 1. The summed E-state index contributed by atoms with van der Waals surface area (Å²) in [4.78, 5) is 14.4. The fourth-order valence-corrected chi connectivity index (χ4v) is 2.14. The number of aromatic nitrogens is 1. The third kappa shape index (κ3) is 2.71. The zero-order chi connectivity index (χ0) is 13.1. The molecule has 0 fully saturated rings. The SMILES string of the molecule is CC(C)N[C@H](Cc1c[nH]c2ccccc12)C(=O)O. The second-order valence-electron chi connectivity index (χ2n) is 4.78. The highest BCUT2D eigenvalue weighted by molar-refractivity contribution is 5.84. The zero-order valence-corrected chi connectivity index (χ0v) is 10.6. The number of nitrogens with one attached hydrogen (secondary N) is 2. The standard InChI is InChI=1S/C14H18N2O2/c1-9(2)16-13(14(17)18)7-10-8-15-12-6-4-3-5-11(10)12/h3-6,8-9,13,15-16H,7H2,1-2H3,(H,17,18)/t13-/m1/s1. The van der Waals surface area contributed by atoms with Crippen LogP contribution in [0.3, 0.4) is 0 Å². The monoisotopic (exact) mass is 246 g/mol. The molecule has 2 rings (SSSR count). The average molecular weight is 246 g/mol. The summed E-state index contributed by atoms with van der Waals surface area (Å²) in [6.07, 6.45) is 2.38. The molecular weight excluding hydrogens is 228 g/mol. The molecule has 0 aliphatic rings. The Kier molecular flexibility index (Phi) is 3.67. The number of fused-ring (bicyclic) bond motifs is 1. The fraction of sp³-hybridized carbons (Fsp3) is 0.357. The molecule has 0 saturated heterocycles. The Morgan fingerprint density at radius 2 is 2.11 bits per heavy atom. The summed E-state index contributed by atoms with van der Waals surface area (Å²) in [6, 6.07) is 7.52. The van der Waals surface area contributed by atoms with Crippen molar-refractivity contribution in [3.05, 3.63) is 36.0 Å². The Bertz CT molecular complexity index is 545. The average Bonchev–Trinajstić information content (AvgIpc) is 2.71. The van der Waals surface area contributed by atoms with Crippen LogP contribution in [0, 0.1) is 0 Å². The van der Waals surface area contributed by atoms with Crippen molar-refractivity contribution >= 4 is 16.9 Å². The van der Waals surface area contributed by atoms with E-state index < -0.39 is 12.0 Å². The molecular formula is C14H18N2O2. The molecule has 0 saturated carbocycles. The van der Waals surface area contributed by atoms with Crippen molar-refractivity contribution in [1.29, 1.82) is 0 Å². The number of rotatable bonds is 5. The van der Waals surface area contributed by atoms with E-state index in [9.17, 15) is 9.90 Å². The van der Waals surface area contributed by atoms with Crippen LogP contribution in [-0.2, 0) is 11.2 Å². The Morgan fingerprint density at radius 1 is 1.39 bits per heavy atom. The largest absolute Gasteiger partial charge is 0.480 e. The van der Waals surface area contributed by atoms with Gasteiger partial charge in [0.1, 0.15) is 6.04 Å². The summed E-state index contributed by atoms with van der Waals surface area (Å²) in [6.45, 7) is 3.90. The van der Waals surface area contributed by atoms with Crippen LogP contribution in [0.1, 0.15) is 19.4 Å². The Labute approximate surface area is 106 Å². The van der Waals surface area contributed by atoms with Crippen molar-refractivity contribution in [1.82, 2.24) is 10.3 Å². The molecule has 2 aromatic rings. The van der Waals surface area contributed by atoms with Crippen LogP contribution in [0.15, 0.2) is 30.5 Å². The van der Waals surface area contributed by atoms with Crippen LogP contribution in [0.2, 0.25) is 0 Å². The molecule has 1 aromatic carbocycles. The molecule has 0 aliphatic carbocycles. The highest BCUT2D eigenvalue weighted by Gasteiger charge is 2.19. The summed E-state index contributed by atoms with van der Waals surface area (Å²) < 4.78 is 0. The quantitative estimate of drug-likeness (QED) is 0.757. The molecule has 0 amide bonds. The fourth-order valence-electron chi connectivity index (χ4n) is 2.14. The topological polar surface area (TPSA) is 65.1 Å². The van der Waals surface area contributed by atoms with Gasteiger partial charge in [0.15, 0.2) is 0 Å². The number of H-pyrrole nitrogens is 1. The molecule has 4 heteroatoms. The van der Waals surface area contributed by atoms with E-state index in [0.717, 1.165) is 16.5 Å². The van der Waals surface area contributed by atoms with Gasteiger partial charge in [0.2, 0.25) is 0 Å². The van der Waals surface area contributed by atoms with Gasteiger partial charge in [-0.05, 0) is 11.6 Å². The van der Waals surface area contributed by atoms with Gasteiger partial charge < -0.3 is 15.4 Å². The van der Waals surface area contributed by atoms with Crippen LogP contribution in [0.25, 0.3) is 10.9 Å². The summed E-state index contributed by atoms with van der Waals surface area (Å²) in [7, 11) is 0. The molecule has 0 unspecified atom stereocenters. The van der Waals surface area contributed by atoms with Gasteiger partial charge in [0, 0.05) is 29.6 Å². The number of carboxylic acid groups (broad SMARTS) is 1. The summed E-state index contributed by atoms with van der Waals surface area (Å²) in [5.74, 6) is -0.811. The van der Waals surface area contributed by atoms with Gasteiger partial charge in [-0.3, -0.25) is 4.79 Å². The Morgan fingerprint density at radius 3 is 2.78 bits per heavy atom. The first kappa shape index (κ1) is 12.6. The zero-order valence-electron chi connectivity index (χ0n) is 10.6. The van der Waals surface area contributed by atoms with Crippen molar-refractivity contribution < 1.29 is 9.90 Å². The molecule has 18 heavy (non-hydrogen) atoms. The van der Waals surface area contributed by atoms with E-state index in [1.54, 1.807) is 0 Å². The van der Waals surface area contributed by atoms with E-state index in [1.807, 2.05) is 44.3 Å². The van der Waals surface area contributed by atoms with Crippen LogP contribution in [-0.4, -0.2) is 28.1 Å². The van der Waals surface area contributed by atoms with E-state index in [1.165, 1.54) is 0 Å². The normalized spacial score (nSPS) is 13.1. The molecule has 0 bridgehead atoms. The van der Waals surface area contributed by atoms with Crippen molar-refractivity contribution in [2.75, 3.05) is 0 Å². The highest BCUT2D eigenvalue weighted by atomic mass is 16.4. The first-order chi connectivity index (χ1) is 8.58. The minimum atomic E-state index is -0.811. The summed E-state index contributed by atoms with van der Waals surface area (Å²) >= 11 is 0. The lowest BCUT2D eigenvalue weighted by atomic mass is 10.0. The Hall–Kier alpha value is -1.81. The molecule has 0 radical (unpaired) electrons. The van der Waals surface area contributed by atoms with Gasteiger partial charge in [0.05, 0.1) is 0 Å².